The molecule has 2 rings (SSSR count). The van der Waals surface area contributed by atoms with Gasteiger partial charge in [0.25, 0.3) is 0 Å². The van der Waals surface area contributed by atoms with E-state index < -0.39 is 0 Å². The fourth-order valence-corrected chi connectivity index (χ4v) is 2.26. The van der Waals surface area contributed by atoms with Crippen molar-refractivity contribution in [2.24, 2.45) is 0 Å². The number of benzene rings is 1. The molecule has 1 aromatic carbocycles. The van der Waals surface area contributed by atoms with Gasteiger partial charge in [-0.1, -0.05) is 27.5 Å². The van der Waals surface area contributed by atoms with Gasteiger partial charge >= 0.3 is 0 Å². The van der Waals surface area contributed by atoms with Gasteiger partial charge in [0.05, 0.1) is 18.8 Å². The molecule has 0 aliphatic carbocycles. The van der Waals surface area contributed by atoms with Crippen molar-refractivity contribution in [2.75, 3.05) is 12.4 Å². The van der Waals surface area contributed by atoms with Crippen molar-refractivity contribution in [1.29, 1.82) is 0 Å². The summed E-state index contributed by atoms with van der Waals surface area (Å²) in [4.78, 5) is 0. The first-order chi connectivity index (χ1) is 7.69. The highest BCUT2D eigenvalue weighted by molar-refractivity contribution is 9.10. The van der Waals surface area contributed by atoms with Gasteiger partial charge in [0, 0.05) is 16.2 Å². The van der Waals surface area contributed by atoms with Crippen LogP contribution in [0.4, 0.5) is 11.5 Å². The van der Waals surface area contributed by atoms with E-state index in [0.29, 0.717) is 11.0 Å². The number of rotatable bonds is 3. The Bertz CT molecular complexity index is 505. The quantitative estimate of drug-likeness (QED) is 0.936. The van der Waals surface area contributed by atoms with Crippen molar-refractivity contribution in [3.05, 3.63) is 27.8 Å². The minimum absolute atomic E-state index is 0.365. The van der Waals surface area contributed by atoms with E-state index in [-0.39, 0.29) is 0 Å². The van der Waals surface area contributed by atoms with Crippen LogP contribution in [0.25, 0.3) is 0 Å². The average Bonchev–Trinajstić information content (AvgIpc) is 2.63. The Balaban J connectivity index is 2.28. The molecule has 0 atom stereocenters. The Morgan fingerprint density at radius 3 is 2.81 bits per heavy atom. The zero-order valence-corrected chi connectivity index (χ0v) is 11.4. The van der Waals surface area contributed by atoms with Crippen LogP contribution in [0.5, 0.6) is 5.75 Å². The summed E-state index contributed by atoms with van der Waals surface area (Å²) in [7, 11) is 1.61. The van der Waals surface area contributed by atoms with Crippen LogP contribution in [0, 0.1) is 0 Å². The number of ether oxygens (including phenoxy) is 1. The largest absolute Gasteiger partial charge is 0.497 e. The van der Waals surface area contributed by atoms with Crippen molar-refractivity contribution in [3.63, 3.8) is 0 Å². The third-order valence-electron chi connectivity index (χ3n) is 1.82. The molecule has 0 saturated heterocycles. The summed E-state index contributed by atoms with van der Waals surface area (Å²) in [5, 5.41) is 3.43. The van der Waals surface area contributed by atoms with Gasteiger partial charge in [-0.2, -0.15) is 8.75 Å². The molecule has 0 saturated carbocycles. The van der Waals surface area contributed by atoms with Crippen LogP contribution in [0.15, 0.2) is 22.7 Å². The molecule has 0 radical (unpaired) electrons. The first kappa shape index (κ1) is 11.6. The minimum atomic E-state index is 0.365. The van der Waals surface area contributed by atoms with Crippen molar-refractivity contribution in [1.82, 2.24) is 8.75 Å². The van der Waals surface area contributed by atoms with Gasteiger partial charge in [-0.15, -0.1) is 0 Å². The Morgan fingerprint density at radius 2 is 2.19 bits per heavy atom. The summed E-state index contributed by atoms with van der Waals surface area (Å²) < 4.78 is 14.0. The highest BCUT2D eigenvalue weighted by Crippen LogP contribution is 2.28. The lowest BCUT2D eigenvalue weighted by Gasteiger charge is -2.06. The zero-order chi connectivity index (χ0) is 11.5. The first-order valence-electron chi connectivity index (χ1n) is 4.28. The smallest absolute Gasteiger partial charge is 0.187 e. The molecule has 4 nitrogen and oxygen atoms in total. The van der Waals surface area contributed by atoms with E-state index in [2.05, 4.69) is 30.0 Å². The van der Waals surface area contributed by atoms with Crippen molar-refractivity contribution < 1.29 is 4.74 Å². The molecule has 84 valence electrons. The average molecular weight is 321 g/mol. The molecule has 0 bridgehead atoms. The highest BCUT2D eigenvalue weighted by Gasteiger charge is 2.06. The van der Waals surface area contributed by atoms with Gasteiger partial charge in [-0.3, -0.25) is 0 Å². The number of hydrogen-bond acceptors (Lipinski definition) is 5. The van der Waals surface area contributed by atoms with Gasteiger partial charge in [-0.25, -0.2) is 0 Å². The van der Waals surface area contributed by atoms with Crippen LogP contribution in [0.2, 0.25) is 5.15 Å². The molecule has 0 fully saturated rings. The number of nitrogens with zero attached hydrogens (tertiary/aromatic N) is 2. The Morgan fingerprint density at radius 1 is 1.38 bits per heavy atom. The fraction of sp³-hybridized carbons (Fsp3) is 0.111. The molecule has 7 heteroatoms. The molecule has 1 heterocycles. The zero-order valence-electron chi connectivity index (χ0n) is 8.20. The molecule has 16 heavy (non-hydrogen) atoms. The van der Waals surface area contributed by atoms with Gasteiger partial charge in [0.2, 0.25) is 0 Å². The maximum Gasteiger partial charge on any atom is 0.187 e. The molecular formula is C9H7BrClN3OS. The number of nitrogens with one attached hydrogen (secondary N) is 1. The second-order valence-corrected chi connectivity index (χ2v) is 4.71. The number of anilines is 2. The van der Waals surface area contributed by atoms with Gasteiger partial charge in [0.15, 0.2) is 11.0 Å². The lowest BCUT2D eigenvalue weighted by atomic mass is 10.3. The van der Waals surface area contributed by atoms with E-state index in [9.17, 15) is 0 Å². The van der Waals surface area contributed by atoms with Crippen molar-refractivity contribution in [3.8, 4) is 5.75 Å². The Kier molecular flexibility index (Phi) is 3.63. The molecule has 0 aliphatic heterocycles. The molecule has 1 aromatic heterocycles. The van der Waals surface area contributed by atoms with E-state index in [1.807, 2.05) is 18.2 Å². The minimum Gasteiger partial charge on any atom is -0.497 e. The maximum atomic E-state index is 5.83. The van der Waals surface area contributed by atoms with Crippen LogP contribution in [-0.4, -0.2) is 15.9 Å². The third-order valence-corrected chi connectivity index (χ3v) is 3.17. The van der Waals surface area contributed by atoms with Crippen LogP contribution in [0.3, 0.4) is 0 Å². The summed E-state index contributed by atoms with van der Waals surface area (Å²) in [6.45, 7) is 0. The normalized spacial score (nSPS) is 10.2. The number of halogens is 2. The van der Waals surface area contributed by atoms with Gasteiger partial charge < -0.3 is 10.1 Å². The van der Waals surface area contributed by atoms with Crippen molar-refractivity contribution in [2.45, 2.75) is 0 Å². The third kappa shape index (κ3) is 2.63. The summed E-state index contributed by atoms with van der Waals surface area (Å²) in [6.07, 6.45) is 0. The summed E-state index contributed by atoms with van der Waals surface area (Å²) in [6, 6.07) is 5.62. The standard InChI is InChI=1S/C9H7BrClN3OS/c1-15-7-3-5(10)2-6(4-7)12-9-8(11)13-16-14-9/h2-4H,1H3,(H,12,14). The molecule has 1 N–H and O–H groups in total. The lowest BCUT2D eigenvalue weighted by molar-refractivity contribution is 0.415. The summed E-state index contributed by atoms with van der Waals surface area (Å²) in [5.74, 6) is 1.29. The van der Waals surface area contributed by atoms with Gasteiger partial charge in [0.1, 0.15) is 5.75 Å². The molecular weight excluding hydrogens is 314 g/mol. The highest BCUT2D eigenvalue weighted by atomic mass is 79.9. The molecule has 0 spiro atoms. The van der Waals surface area contributed by atoms with E-state index in [1.54, 1.807) is 7.11 Å². The second kappa shape index (κ2) is 4.99. The van der Waals surface area contributed by atoms with Crippen LogP contribution in [0.1, 0.15) is 0 Å². The number of hydrogen-bond donors (Lipinski definition) is 1. The molecule has 0 unspecified atom stereocenters. The molecule has 0 amide bonds. The summed E-state index contributed by atoms with van der Waals surface area (Å²) in [5.41, 5.74) is 0.834. The summed E-state index contributed by atoms with van der Waals surface area (Å²) >= 11 is 10.3. The predicted molar refractivity (Wildman–Crippen MR) is 68.9 cm³/mol. The van der Waals surface area contributed by atoms with Gasteiger partial charge in [-0.05, 0) is 12.1 Å². The SMILES string of the molecule is COc1cc(Br)cc(Nc2nsnc2Cl)c1. The lowest BCUT2D eigenvalue weighted by Crippen LogP contribution is -1.92. The van der Waals surface area contributed by atoms with Crippen molar-refractivity contribution >= 4 is 50.8 Å². The Hall–Kier alpha value is -0.850. The molecule has 2 aromatic rings. The van der Waals surface area contributed by atoms with Crippen LogP contribution in [-0.2, 0) is 0 Å². The first-order valence-corrected chi connectivity index (χ1v) is 6.19. The number of methoxy groups -OCH3 is 1. The van der Waals surface area contributed by atoms with E-state index >= 15 is 0 Å². The van der Waals surface area contributed by atoms with E-state index in [4.69, 9.17) is 16.3 Å². The van der Waals surface area contributed by atoms with E-state index in [1.165, 1.54) is 0 Å². The van der Waals surface area contributed by atoms with Crippen LogP contribution < -0.4 is 10.1 Å². The Labute approximate surface area is 110 Å². The topological polar surface area (TPSA) is 47.0 Å². The van der Waals surface area contributed by atoms with E-state index in [0.717, 1.165) is 27.6 Å². The maximum absolute atomic E-state index is 5.83. The fourth-order valence-electron chi connectivity index (χ4n) is 1.14. The predicted octanol–water partition coefficient (Wildman–Crippen LogP) is 3.71. The monoisotopic (exact) mass is 319 g/mol. The second-order valence-electron chi connectivity index (χ2n) is 2.91. The number of aromatic nitrogens is 2. The molecule has 0 aliphatic rings. The van der Waals surface area contributed by atoms with Crippen LogP contribution >= 0.6 is 39.3 Å².